The van der Waals surface area contributed by atoms with Crippen LogP contribution in [0.2, 0.25) is 5.02 Å². The normalized spacial score (nSPS) is 14.7. The molecule has 3 heterocycles. The summed E-state index contributed by atoms with van der Waals surface area (Å²) in [6.45, 7) is 4.59. The number of rotatable bonds is 5. The van der Waals surface area contributed by atoms with E-state index in [0.29, 0.717) is 28.7 Å². The second-order valence-electron chi connectivity index (χ2n) is 8.72. The van der Waals surface area contributed by atoms with Crippen LogP contribution in [0.1, 0.15) is 11.1 Å². The maximum Gasteiger partial charge on any atom is 0.332 e. The summed E-state index contributed by atoms with van der Waals surface area (Å²) in [5.74, 6) is 0.688. The fourth-order valence-electron chi connectivity index (χ4n) is 4.57. The summed E-state index contributed by atoms with van der Waals surface area (Å²) in [7, 11) is 3.15. The van der Waals surface area contributed by atoms with Gasteiger partial charge >= 0.3 is 5.69 Å². The molecule has 0 bridgehead atoms. The summed E-state index contributed by atoms with van der Waals surface area (Å²) in [6, 6.07) is 18.0. The standard InChI is InChI=1S/C25H27ClN6O2/c1-28-22-21(23(33)29(2)25(28)34)32(17-19-10-6-7-11-20(19)26)24(27-22)31-14-12-30(13-15-31)16-18-8-4-3-5-9-18/h3-11H,12-17H2,1-2H3. The van der Waals surface area contributed by atoms with E-state index < -0.39 is 0 Å². The Labute approximate surface area is 202 Å². The third kappa shape index (κ3) is 4.03. The molecule has 1 fully saturated rings. The quantitative estimate of drug-likeness (QED) is 0.441. The largest absolute Gasteiger partial charge is 0.340 e. The van der Waals surface area contributed by atoms with Crippen LogP contribution >= 0.6 is 11.6 Å². The number of imidazole rings is 1. The molecule has 0 N–H and O–H groups in total. The third-order valence-electron chi connectivity index (χ3n) is 6.52. The molecule has 0 spiro atoms. The van der Waals surface area contributed by atoms with Crippen LogP contribution in [-0.4, -0.2) is 49.8 Å². The molecule has 1 aliphatic heterocycles. The van der Waals surface area contributed by atoms with Crippen molar-refractivity contribution in [3.05, 3.63) is 91.6 Å². The van der Waals surface area contributed by atoms with E-state index in [9.17, 15) is 9.59 Å². The zero-order valence-electron chi connectivity index (χ0n) is 19.3. The van der Waals surface area contributed by atoms with Crippen LogP contribution in [0.3, 0.4) is 0 Å². The van der Waals surface area contributed by atoms with Gasteiger partial charge in [-0.15, -0.1) is 0 Å². The molecule has 0 atom stereocenters. The van der Waals surface area contributed by atoms with E-state index in [-0.39, 0.29) is 11.2 Å². The molecule has 0 unspecified atom stereocenters. The number of fused-ring (bicyclic) bond motifs is 1. The molecule has 0 amide bonds. The van der Waals surface area contributed by atoms with E-state index >= 15 is 0 Å². The zero-order valence-corrected chi connectivity index (χ0v) is 20.1. The Morgan fingerprint density at radius 2 is 1.53 bits per heavy atom. The predicted octanol–water partition coefficient (Wildman–Crippen LogP) is 2.46. The number of hydrogen-bond acceptors (Lipinski definition) is 5. The number of halogens is 1. The Balaban J connectivity index is 1.52. The molecule has 0 aliphatic carbocycles. The molecule has 0 radical (unpaired) electrons. The minimum absolute atomic E-state index is 0.355. The fraction of sp³-hybridized carbons (Fsp3) is 0.320. The SMILES string of the molecule is Cn1c(=O)c2c(nc(N3CCN(Cc4ccccc4)CC3)n2Cc2ccccc2Cl)n(C)c1=O. The third-order valence-corrected chi connectivity index (χ3v) is 6.89. The first-order chi connectivity index (χ1) is 16.4. The number of aromatic nitrogens is 4. The second kappa shape index (κ2) is 9.12. The minimum atomic E-state index is -0.390. The van der Waals surface area contributed by atoms with Crippen LogP contribution in [-0.2, 0) is 27.2 Å². The van der Waals surface area contributed by atoms with Crippen LogP contribution in [0.5, 0.6) is 0 Å². The van der Waals surface area contributed by atoms with E-state index in [0.717, 1.165) is 42.9 Å². The maximum absolute atomic E-state index is 13.2. The molecule has 176 valence electrons. The summed E-state index contributed by atoms with van der Waals surface area (Å²) in [5, 5.41) is 0.629. The zero-order chi connectivity index (χ0) is 23.8. The van der Waals surface area contributed by atoms with Crippen molar-refractivity contribution in [1.82, 2.24) is 23.6 Å². The number of piperazine rings is 1. The van der Waals surface area contributed by atoms with Crippen molar-refractivity contribution in [1.29, 1.82) is 0 Å². The molecule has 34 heavy (non-hydrogen) atoms. The van der Waals surface area contributed by atoms with Crippen molar-refractivity contribution in [2.45, 2.75) is 13.1 Å². The lowest BCUT2D eigenvalue weighted by atomic mass is 10.2. The molecule has 8 nitrogen and oxygen atoms in total. The highest BCUT2D eigenvalue weighted by molar-refractivity contribution is 6.31. The lowest BCUT2D eigenvalue weighted by Crippen LogP contribution is -2.47. The van der Waals surface area contributed by atoms with E-state index in [1.807, 2.05) is 34.9 Å². The van der Waals surface area contributed by atoms with Gasteiger partial charge in [0.1, 0.15) is 0 Å². The molecule has 1 aliphatic rings. The van der Waals surface area contributed by atoms with Crippen molar-refractivity contribution >= 4 is 28.7 Å². The number of nitrogens with zero attached hydrogens (tertiary/aromatic N) is 6. The van der Waals surface area contributed by atoms with Gasteiger partial charge in [-0.1, -0.05) is 60.1 Å². The second-order valence-corrected chi connectivity index (χ2v) is 9.12. The van der Waals surface area contributed by atoms with Gasteiger partial charge in [0.15, 0.2) is 11.2 Å². The molecule has 0 saturated carbocycles. The van der Waals surface area contributed by atoms with Gasteiger partial charge in [-0.3, -0.25) is 23.4 Å². The van der Waals surface area contributed by atoms with E-state index in [1.54, 1.807) is 7.05 Å². The number of benzene rings is 2. The van der Waals surface area contributed by atoms with Gasteiger partial charge in [-0.05, 0) is 17.2 Å². The van der Waals surface area contributed by atoms with Gasteiger partial charge in [0.05, 0.1) is 6.54 Å². The average Bonchev–Trinajstić information content (AvgIpc) is 3.23. The van der Waals surface area contributed by atoms with E-state index in [1.165, 1.54) is 17.2 Å². The van der Waals surface area contributed by atoms with Crippen LogP contribution < -0.4 is 16.1 Å². The number of anilines is 1. The Morgan fingerprint density at radius 1 is 0.853 bits per heavy atom. The number of hydrogen-bond donors (Lipinski definition) is 0. The van der Waals surface area contributed by atoms with E-state index in [4.69, 9.17) is 16.6 Å². The fourth-order valence-corrected chi connectivity index (χ4v) is 4.77. The molecule has 1 saturated heterocycles. The Hall–Kier alpha value is -3.36. The van der Waals surface area contributed by atoms with Gasteiger partial charge < -0.3 is 4.90 Å². The Bertz CT molecular complexity index is 1450. The van der Waals surface area contributed by atoms with Crippen LogP contribution in [0.15, 0.2) is 64.2 Å². The van der Waals surface area contributed by atoms with Crippen LogP contribution in [0.25, 0.3) is 11.2 Å². The smallest absolute Gasteiger partial charge is 0.332 e. The van der Waals surface area contributed by atoms with Crippen molar-refractivity contribution < 1.29 is 0 Å². The molecular formula is C25H27ClN6O2. The molecule has 2 aromatic carbocycles. The summed E-state index contributed by atoms with van der Waals surface area (Å²) < 4.78 is 4.48. The topological polar surface area (TPSA) is 68.3 Å². The van der Waals surface area contributed by atoms with Crippen LogP contribution in [0.4, 0.5) is 5.95 Å². The summed E-state index contributed by atoms with van der Waals surface area (Å²) in [6.07, 6.45) is 0. The van der Waals surface area contributed by atoms with Crippen molar-refractivity contribution in [2.24, 2.45) is 14.1 Å². The summed E-state index contributed by atoms with van der Waals surface area (Å²) in [4.78, 5) is 35.2. The molecule has 4 aromatic rings. The van der Waals surface area contributed by atoms with Crippen LogP contribution in [0, 0.1) is 0 Å². The van der Waals surface area contributed by atoms with Gasteiger partial charge in [-0.25, -0.2) is 4.79 Å². The highest BCUT2D eigenvalue weighted by Crippen LogP contribution is 2.25. The molecule has 2 aromatic heterocycles. The summed E-state index contributed by atoms with van der Waals surface area (Å²) in [5.41, 5.74) is 2.24. The minimum Gasteiger partial charge on any atom is -0.340 e. The van der Waals surface area contributed by atoms with Gasteiger partial charge in [-0.2, -0.15) is 4.98 Å². The van der Waals surface area contributed by atoms with Gasteiger partial charge in [0.25, 0.3) is 5.56 Å². The first kappa shape index (κ1) is 22.4. The lowest BCUT2D eigenvalue weighted by Gasteiger charge is -2.35. The lowest BCUT2D eigenvalue weighted by molar-refractivity contribution is 0.248. The number of aryl methyl sites for hydroxylation is 1. The average molecular weight is 479 g/mol. The molecular weight excluding hydrogens is 452 g/mol. The first-order valence-electron chi connectivity index (χ1n) is 11.3. The van der Waals surface area contributed by atoms with Gasteiger partial charge in [0.2, 0.25) is 5.95 Å². The van der Waals surface area contributed by atoms with Crippen molar-refractivity contribution in [3.8, 4) is 0 Å². The molecule has 5 rings (SSSR count). The maximum atomic E-state index is 13.2. The van der Waals surface area contributed by atoms with Crippen molar-refractivity contribution in [2.75, 3.05) is 31.1 Å². The predicted molar refractivity (Wildman–Crippen MR) is 135 cm³/mol. The highest BCUT2D eigenvalue weighted by atomic mass is 35.5. The molecule has 9 heteroatoms. The Kier molecular flexibility index (Phi) is 6.02. The Morgan fingerprint density at radius 3 is 2.24 bits per heavy atom. The van der Waals surface area contributed by atoms with E-state index in [2.05, 4.69) is 34.1 Å². The monoisotopic (exact) mass is 478 g/mol. The highest BCUT2D eigenvalue weighted by Gasteiger charge is 2.26. The first-order valence-corrected chi connectivity index (χ1v) is 11.7. The van der Waals surface area contributed by atoms with Gasteiger partial charge in [0, 0.05) is 51.8 Å². The van der Waals surface area contributed by atoms with Crippen molar-refractivity contribution in [3.63, 3.8) is 0 Å². The summed E-state index contributed by atoms with van der Waals surface area (Å²) >= 11 is 6.46.